The fourth-order valence-corrected chi connectivity index (χ4v) is 2.30. The van der Waals surface area contributed by atoms with E-state index in [0.29, 0.717) is 5.95 Å². The fraction of sp³-hybridized carbons (Fsp3) is 0.643. The molecule has 1 aliphatic heterocycles. The summed E-state index contributed by atoms with van der Waals surface area (Å²) in [5, 5.41) is 8.60. The van der Waals surface area contributed by atoms with Gasteiger partial charge in [0.1, 0.15) is 5.82 Å². The molecule has 1 aliphatic rings. The van der Waals surface area contributed by atoms with Crippen LogP contribution in [-0.4, -0.2) is 60.9 Å². The van der Waals surface area contributed by atoms with Crippen molar-refractivity contribution in [2.24, 2.45) is 0 Å². The van der Waals surface area contributed by atoms with Gasteiger partial charge in [-0.05, 0) is 18.9 Å². The third-order valence-electron chi connectivity index (χ3n) is 3.46. The molecular weight excluding hydrogens is 272 g/mol. The Morgan fingerprint density at radius 3 is 2.81 bits per heavy atom. The van der Waals surface area contributed by atoms with Gasteiger partial charge in [-0.1, -0.05) is 0 Å². The van der Waals surface area contributed by atoms with Gasteiger partial charge in [0.25, 0.3) is 0 Å². The van der Waals surface area contributed by atoms with Crippen LogP contribution in [0, 0.1) is 0 Å². The summed E-state index contributed by atoms with van der Waals surface area (Å²) in [5.74, 6) is 0.814. The number of nitrogens with zero attached hydrogens (tertiary/aromatic N) is 4. The average molecular weight is 294 g/mol. The summed E-state index contributed by atoms with van der Waals surface area (Å²) in [7, 11) is 3.84. The summed E-state index contributed by atoms with van der Waals surface area (Å²) >= 11 is 0. The van der Waals surface area contributed by atoms with E-state index < -0.39 is 5.97 Å². The van der Waals surface area contributed by atoms with Gasteiger partial charge in [0.15, 0.2) is 0 Å². The number of carbonyl (C=O) groups is 1. The molecular formula is C14H22N4O3. The molecule has 116 valence electrons. The van der Waals surface area contributed by atoms with Gasteiger partial charge in [0.05, 0.1) is 19.1 Å². The summed E-state index contributed by atoms with van der Waals surface area (Å²) < 4.78 is 5.59. The Labute approximate surface area is 124 Å². The van der Waals surface area contributed by atoms with Crippen LogP contribution < -0.4 is 9.80 Å². The Bertz CT molecular complexity index is 473. The number of rotatable bonds is 6. The molecule has 0 aromatic carbocycles. The number of carboxylic acids is 1. The molecule has 0 unspecified atom stereocenters. The first-order valence-corrected chi connectivity index (χ1v) is 7.15. The number of aliphatic carboxylic acids is 1. The molecule has 0 amide bonds. The zero-order valence-corrected chi connectivity index (χ0v) is 12.5. The lowest BCUT2D eigenvalue weighted by molar-refractivity contribution is -0.138. The monoisotopic (exact) mass is 294 g/mol. The number of hydrogen-bond donors (Lipinski definition) is 1. The summed E-state index contributed by atoms with van der Waals surface area (Å²) in [5.41, 5.74) is 0. The van der Waals surface area contributed by atoms with Gasteiger partial charge in [-0.3, -0.25) is 4.79 Å². The lowest BCUT2D eigenvalue weighted by Gasteiger charge is -2.32. The topological polar surface area (TPSA) is 78.8 Å². The largest absolute Gasteiger partial charge is 0.481 e. The normalized spacial score (nSPS) is 16.0. The van der Waals surface area contributed by atoms with E-state index in [1.165, 1.54) is 0 Å². The van der Waals surface area contributed by atoms with E-state index in [1.807, 2.05) is 25.1 Å². The minimum Gasteiger partial charge on any atom is -0.481 e. The summed E-state index contributed by atoms with van der Waals surface area (Å²) in [6.45, 7) is 2.02. The van der Waals surface area contributed by atoms with Gasteiger partial charge in [0, 0.05) is 33.4 Å². The number of ether oxygens (including phenoxy) is 1. The molecule has 0 bridgehead atoms. The molecule has 7 heteroatoms. The van der Waals surface area contributed by atoms with Crippen LogP contribution in [0.25, 0.3) is 0 Å². The number of piperidine rings is 1. The SMILES string of the molecule is CN(C)c1nccc(N2CCC(OCCC(=O)O)CC2)n1. The Kier molecular flexibility index (Phi) is 5.32. The molecule has 1 aromatic rings. The molecule has 0 atom stereocenters. The first-order valence-electron chi connectivity index (χ1n) is 7.15. The standard InChI is InChI=1S/C14H22N4O3/c1-17(2)14-15-7-3-12(16-14)18-8-4-11(5-9-18)21-10-6-13(19)20/h3,7,11H,4-6,8-10H2,1-2H3,(H,19,20). The Hall–Kier alpha value is -1.89. The molecule has 0 radical (unpaired) electrons. The van der Waals surface area contributed by atoms with E-state index in [-0.39, 0.29) is 19.1 Å². The molecule has 0 saturated carbocycles. The van der Waals surface area contributed by atoms with E-state index >= 15 is 0 Å². The lowest BCUT2D eigenvalue weighted by Crippen LogP contribution is -2.38. The molecule has 1 fully saturated rings. The van der Waals surface area contributed by atoms with E-state index in [0.717, 1.165) is 31.7 Å². The van der Waals surface area contributed by atoms with E-state index in [2.05, 4.69) is 14.9 Å². The Balaban J connectivity index is 1.83. The minimum atomic E-state index is -0.815. The Morgan fingerprint density at radius 1 is 1.48 bits per heavy atom. The smallest absolute Gasteiger partial charge is 0.305 e. The third kappa shape index (κ3) is 4.56. The zero-order valence-electron chi connectivity index (χ0n) is 12.5. The van der Waals surface area contributed by atoms with Crippen molar-refractivity contribution >= 4 is 17.7 Å². The van der Waals surface area contributed by atoms with Crippen LogP contribution in [0.15, 0.2) is 12.3 Å². The molecule has 0 aliphatic carbocycles. The van der Waals surface area contributed by atoms with Crippen LogP contribution in [0.5, 0.6) is 0 Å². The highest BCUT2D eigenvalue weighted by Crippen LogP contribution is 2.20. The number of carboxylic acid groups (broad SMARTS) is 1. The minimum absolute atomic E-state index is 0.0678. The van der Waals surface area contributed by atoms with Crippen LogP contribution in [0.4, 0.5) is 11.8 Å². The maximum Gasteiger partial charge on any atom is 0.305 e. The first kappa shape index (κ1) is 15.5. The van der Waals surface area contributed by atoms with Crippen molar-refractivity contribution in [1.29, 1.82) is 0 Å². The fourth-order valence-electron chi connectivity index (χ4n) is 2.30. The number of hydrogen-bond acceptors (Lipinski definition) is 6. The van der Waals surface area contributed by atoms with Crippen molar-refractivity contribution in [3.63, 3.8) is 0 Å². The van der Waals surface area contributed by atoms with Crippen molar-refractivity contribution in [3.05, 3.63) is 12.3 Å². The van der Waals surface area contributed by atoms with Crippen LogP contribution in [-0.2, 0) is 9.53 Å². The van der Waals surface area contributed by atoms with Crippen molar-refractivity contribution in [3.8, 4) is 0 Å². The number of anilines is 2. The average Bonchev–Trinajstić information content (AvgIpc) is 2.48. The van der Waals surface area contributed by atoms with Gasteiger partial charge < -0.3 is 19.6 Å². The summed E-state index contributed by atoms with van der Waals surface area (Å²) in [6, 6.07) is 1.92. The highest BCUT2D eigenvalue weighted by molar-refractivity contribution is 5.66. The van der Waals surface area contributed by atoms with Crippen molar-refractivity contribution in [2.45, 2.75) is 25.4 Å². The lowest BCUT2D eigenvalue weighted by atomic mass is 10.1. The second-order valence-corrected chi connectivity index (χ2v) is 5.31. The maximum atomic E-state index is 10.5. The maximum absolute atomic E-state index is 10.5. The van der Waals surface area contributed by atoms with Crippen molar-refractivity contribution in [2.75, 3.05) is 43.6 Å². The van der Waals surface area contributed by atoms with Gasteiger partial charge in [-0.2, -0.15) is 4.98 Å². The second-order valence-electron chi connectivity index (χ2n) is 5.31. The summed E-state index contributed by atoms with van der Waals surface area (Å²) in [6.07, 6.45) is 3.77. The van der Waals surface area contributed by atoms with Gasteiger partial charge in [-0.25, -0.2) is 4.98 Å². The molecule has 7 nitrogen and oxygen atoms in total. The summed E-state index contributed by atoms with van der Waals surface area (Å²) in [4.78, 5) is 23.3. The highest BCUT2D eigenvalue weighted by Gasteiger charge is 2.21. The second kappa shape index (κ2) is 7.21. The van der Waals surface area contributed by atoms with Gasteiger partial charge >= 0.3 is 5.97 Å². The third-order valence-corrected chi connectivity index (χ3v) is 3.46. The van der Waals surface area contributed by atoms with Crippen LogP contribution >= 0.6 is 0 Å². The van der Waals surface area contributed by atoms with E-state index in [9.17, 15) is 4.79 Å². The predicted octanol–water partition coefficient (Wildman–Crippen LogP) is 1.00. The molecule has 1 N–H and O–H groups in total. The molecule has 0 spiro atoms. The zero-order chi connectivity index (χ0) is 15.2. The van der Waals surface area contributed by atoms with Gasteiger partial charge in [-0.15, -0.1) is 0 Å². The predicted molar refractivity (Wildman–Crippen MR) is 79.8 cm³/mol. The van der Waals surface area contributed by atoms with Crippen molar-refractivity contribution in [1.82, 2.24) is 9.97 Å². The van der Waals surface area contributed by atoms with Crippen LogP contribution in [0.3, 0.4) is 0 Å². The molecule has 1 saturated heterocycles. The molecule has 1 aromatic heterocycles. The highest BCUT2D eigenvalue weighted by atomic mass is 16.5. The first-order chi connectivity index (χ1) is 10.1. The van der Waals surface area contributed by atoms with E-state index in [1.54, 1.807) is 6.20 Å². The Morgan fingerprint density at radius 2 is 2.19 bits per heavy atom. The van der Waals surface area contributed by atoms with Gasteiger partial charge in [0.2, 0.25) is 5.95 Å². The van der Waals surface area contributed by atoms with Crippen LogP contribution in [0.1, 0.15) is 19.3 Å². The molecule has 2 rings (SSSR count). The van der Waals surface area contributed by atoms with Crippen LogP contribution in [0.2, 0.25) is 0 Å². The number of aromatic nitrogens is 2. The quantitative estimate of drug-likeness (QED) is 0.838. The van der Waals surface area contributed by atoms with E-state index in [4.69, 9.17) is 9.84 Å². The molecule has 21 heavy (non-hydrogen) atoms. The van der Waals surface area contributed by atoms with Crippen molar-refractivity contribution < 1.29 is 14.6 Å². The molecule has 2 heterocycles.